The molecule has 7 heteroatoms. The maximum Gasteiger partial charge on any atom is 0.407 e. The average Bonchev–Trinajstić information content (AvgIpc) is 2.62. The molecule has 0 radical (unpaired) electrons. The molecule has 1 amide bonds. The molecule has 118 valence electrons. The Morgan fingerprint density at radius 3 is 2.09 bits per heavy atom. The zero-order chi connectivity index (χ0) is 16.2. The van der Waals surface area contributed by atoms with Gasteiger partial charge in [0, 0.05) is 44.1 Å². The topological polar surface area (TPSA) is 86.6 Å². The maximum atomic E-state index is 12.3. The third-order valence-electron chi connectivity index (χ3n) is 3.77. The second-order valence-corrected chi connectivity index (χ2v) is 5.22. The summed E-state index contributed by atoms with van der Waals surface area (Å²) in [4.78, 5) is 34.9. The SMILES string of the molecule is O=C(c1ccccc1)c1cnc(N2CCN(C(=O)O)CC2)nc1. The molecule has 1 aliphatic rings. The average molecular weight is 312 g/mol. The van der Waals surface area contributed by atoms with Gasteiger partial charge in [-0.3, -0.25) is 4.79 Å². The summed E-state index contributed by atoms with van der Waals surface area (Å²) in [6.45, 7) is 1.92. The number of benzene rings is 1. The van der Waals surface area contributed by atoms with Gasteiger partial charge in [0.25, 0.3) is 0 Å². The van der Waals surface area contributed by atoms with Gasteiger partial charge in [-0.2, -0.15) is 0 Å². The van der Waals surface area contributed by atoms with Crippen LogP contribution in [0.2, 0.25) is 0 Å². The fourth-order valence-electron chi connectivity index (χ4n) is 2.46. The number of rotatable bonds is 3. The van der Waals surface area contributed by atoms with E-state index in [9.17, 15) is 9.59 Å². The van der Waals surface area contributed by atoms with Crippen LogP contribution in [0.3, 0.4) is 0 Å². The van der Waals surface area contributed by atoms with Gasteiger partial charge in [-0.1, -0.05) is 30.3 Å². The second kappa shape index (κ2) is 6.43. The predicted octanol–water partition coefficient (Wildman–Crippen LogP) is 1.51. The number of amides is 1. The van der Waals surface area contributed by atoms with E-state index >= 15 is 0 Å². The molecule has 0 bridgehead atoms. The van der Waals surface area contributed by atoms with Crippen LogP contribution in [0.1, 0.15) is 15.9 Å². The highest BCUT2D eigenvalue weighted by Crippen LogP contribution is 2.13. The molecular formula is C16H16N4O3. The van der Waals surface area contributed by atoms with Crippen LogP contribution < -0.4 is 4.90 Å². The van der Waals surface area contributed by atoms with Crippen molar-refractivity contribution in [2.45, 2.75) is 0 Å². The summed E-state index contributed by atoms with van der Waals surface area (Å²) in [5.41, 5.74) is 1.03. The lowest BCUT2D eigenvalue weighted by atomic mass is 10.1. The molecule has 2 heterocycles. The van der Waals surface area contributed by atoms with Crippen molar-refractivity contribution in [2.75, 3.05) is 31.1 Å². The number of anilines is 1. The van der Waals surface area contributed by atoms with Crippen LogP contribution in [0.4, 0.5) is 10.7 Å². The highest BCUT2D eigenvalue weighted by Gasteiger charge is 2.22. The molecule has 1 aromatic carbocycles. The molecule has 1 aromatic heterocycles. The summed E-state index contributed by atoms with van der Waals surface area (Å²) in [5.74, 6) is 0.396. The Kier molecular flexibility index (Phi) is 4.18. The first-order valence-electron chi connectivity index (χ1n) is 7.30. The Balaban J connectivity index is 1.68. The zero-order valence-electron chi connectivity index (χ0n) is 12.4. The van der Waals surface area contributed by atoms with Gasteiger partial charge >= 0.3 is 6.09 Å². The monoisotopic (exact) mass is 312 g/mol. The Bertz CT molecular complexity index is 695. The van der Waals surface area contributed by atoms with E-state index in [2.05, 4.69) is 9.97 Å². The van der Waals surface area contributed by atoms with Gasteiger partial charge in [0.2, 0.25) is 5.95 Å². The number of piperazine rings is 1. The fraction of sp³-hybridized carbons (Fsp3) is 0.250. The highest BCUT2D eigenvalue weighted by molar-refractivity contribution is 6.08. The molecule has 1 fully saturated rings. The van der Waals surface area contributed by atoms with Crippen molar-refractivity contribution in [3.63, 3.8) is 0 Å². The first-order valence-corrected chi connectivity index (χ1v) is 7.30. The quantitative estimate of drug-likeness (QED) is 0.865. The van der Waals surface area contributed by atoms with Crippen molar-refractivity contribution in [1.82, 2.24) is 14.9 Å². The van der Waals surface area contributed by atoms with E-state index in [0.29, 0.717) is 43.3 Å². The van der Waals surface area contributed by atoms with E-state index in [-0.39, 0.29) is 5.78 Å². The van der Waals surface area contributed by atoms with E-state index in [1.54, 1.807) is 12.1 Å². The van der Waals surface area contributed by atoms with E-state index in [1.165, 1.54) is 17.3 Å². The molecule has 0 aliphatic carbocycles. The lowest BCUT2D eigenvalue weighted by Gasteiger charge is -2.32. The normalized spacial score (nSPS) is 14.6. The standard InChI is InChI=1S/C16H16N4O3/c21-14(12-4-2-1-3-5-12)13-10-17-15(18-11-13)19-6-8-20(9-7-19)16(22)23/h1-5,10-11H,6-9H2,(H,22,23). The smallest absolute Gasteiger partial charge is 0.407 e. The van der Waals surface area contributed by atoms with Gasteiger partial charge in [-0.05, 0) is 0 Å². The van der Waals surface area contributed by atoms with Crippen LogP contribution >= 0.6 is 0 Å². The van der Waals surface area contributed by atoms with E-state index in [0.717, 1.165) is 0 Å². The van der Waals surface area contributed by atoms with Gasteiger partial charge in [0.05, 0.1) is 5.56 Å². The van der Waals surface area contributed by atoms with Gasteiger partial charge in [0.1, 0.15) is 0 Å². The van der Waals surface area contributed by atoms with Crippen molar-refractivity contribution >= 4 is 17.8 Å². The van der Waals surface area contributed by atoms with Crippen LogP contribution in [0, 0.1) is 0 Å². The number of aromatic nitrogens is 2. The van der Waals surface area contributed by atoms with Crippen molar-refractivity contribution in [3.8, 4) is 0 Å². The van der Waals surface area contributed by atoms with Gasteiger partial charge in [-0.15, -0.1) is 0 Å². The zero-order valence-corrected chi connectivity index (χ0v) is 12.4. The van der Waals surface area contributed by atoms with Crippen molar-refractivity contribution < 1.29 is 14.7 Å². The summed E-state index contributed by atoms with van der Waals surface area (Å²) in [5, 5.41) is 8.94. The van der Waals surface area contributed by atoms with Crippen molar-refractivity contribution in [3.05, 3.63) is 53.9 Å². The molecule has 0 atom stereocenters. The Hall–Kier alpha value is -2.96. The maximum absolute atomic E-state index is 12.3. The Morgan fingerprint density at radius 2 is 1.52 bits per heavy atom. The number of carboxylic acid groups (broad SMARTS) is 1. The lowest BCUT2D eigenvalue weighted by Crippen LogP contribution is -2.48. The first kappa shape index (κ1) is 15.0. The van der Waals surface area contributed by atoms with Crippen LogP contribution in [-0.2, 0) is 0 Å². The third kappa shape index (κ3) is 3.28. The molecule has 1 aliphatic heterocycles. The van der Waals surface area contributed by atoms with Crippen LogP contribution in [0.5, 0.6) is 0 Å². The number of hydrogen-bond donors (Lipinski definition) is 1. The van der Waals surface area contributed by atoms with Crippen molar-refractivity contribution in [1.29, 1.82) is 0 Å². The van der Waals surface area contributed by atoms with E-state index < -0.39 is 6.09 Å². The Labute approximate surface area is 133 Å². The van der Waals surface area contributed by atoms with E-state index in [1.807, 2.05) is 23.1 Å². The number of carbonyl (C=O) groups excluding carboxylic acids is 1. The first-order chi connectivity index (χ1) is 11.1. The summed E-state index contributed by atoms with van der Waals surface area (Å²) in [6, 6.07) is 8.98. The second-order valence-electron chi connectivity index (χ2n) is 5.22. The number of ketones is 1. The third-order valence-corrected chi connectivity index (χ3v) is 3.77. The Morgan fingerprint density at radius 1 is 0.913 bits per heavy atom. The minimum absolute atomic E-state index is 0.118. The molecule has 0 unspecified atom stereocenters. The predicted molar refractivity (Wildman–Crippen MR) is 83.7 cm³/mol. The molecule has 1 saturated heterocycles. The summed E-state index contributed by atoms with van der Waals surface area (Å²) in [6.07, 6.45) is 2.12. The summed E-state index contributed by atoms with van der Waals surface area (Å²) >= 11 is 0. The molecule has 7 nitrogen and oxygen atoms in total. The molecule has 3 rings (SSSR count). The molecule has 0 spiro atoms. The number of carbonyl (C=O) groups is 2. The number of hydrogen-bond acceptors (Lipinski definition) is 5. The van der Waals surface area contributed by atoms with Crippen LogP contribution in [0.15, 0.2) is 42.7 Å². The van der Waals surface area contributed by atoms with Crippen LogP contribution in [0.25, 0.3) is 0 Å². The molecule has 23 heavy (non-hydrogen) atoms. The summed E-state index contributed by atoms with van der Waals surface area (Å²) < 4.78 is 0. The minimum atomic E-state index is -0.908. The van der Waals surface area contributed by atoms with Crippen molar-refractivity contribution in [2.24, 2.45) is 0 Å². The van der Waals surface area contributed by atoms with Gasteiger partial charge in [0.15, 0.2) is 5.78 Å². The summed E-state index contributed by atoms with van der Waals surface area (Å²) in [7, 11) is 0. The minimum Gasteiger partial charge on any atom is -0.465 e. The molecule has 1 N–H and O–H groups in total. The van der Waals surface area contributed by atoms with E-state index in [4.69, 9.17) is 5.11 Å². The lowest BCUT2D eigenvalue weighted by molar-refractivity contribution is 0.103. The highest BCUT2D eigenvalue weighted by atomic mass is 16.4. The largest absolute Gasteiger partial charge is 0.465 e. The molecular weight excluding hydrogens is 296 g/mol. The number of nitrogens with zero attached hydrogens (tertiary/aromatic N) is 4. The van der Waals surface area contributed by atoms with Crippen LogP contribution in [-0.4, -0.2) is 58.0 Å². The molecule has 0 saturated carbocycles. The fourth-order valence-corrected chi connectivity index (χ4v) is 2.46. The molecule has 2 aromatic rings. The van der Waals surface area contributed by atoms with Gasteiger partial charge < -0.3 is 14.9 Å². The van der Waals surface area contributed by atoms with Gasteiger partial charge in [-0.25, -0.2) is 14.8 Å².